The highest BCUT2D eigenvalue weighted by Crippen LogP contribution is 2.30. The van der Waals surface area contributed by atoms with Gasteiger partial charge in [0.2, 0.25) is 0 Å². The van der Waals surface area contributed by atoms with Gasteiger partial charge in [0.1, 0.15) is 11.6 Å². The molecule has 1 aliphatic rings. The third kappa shape index (κ3) is 6.12. The molecule has 5 heteroatoms. The van der Waals surface area contributed by atoms with E-state index in [1.807, 2.05) is 6.92 Å². The van der Waals surface area contributed by atoms with E-state index in [1.165, 1.54) is 24.3 Å². The Hall–Kier alpha value is -2.74. The zero-order valence-electron chi connectivity index (χ0n) is 16.2. The molecule has 0 radical (unpaired) electrons. The molecule has 0 fully saturated rings. The summed E-state index contributed by atoms with van der Waals surface area (Å²) in [4.78, 5) is 0. The Morgan fingerprint density at radius 1 is 1.10 bits per heavy atom. The minimum absolute atomic E-state index is 0.312. The molecule has 2 aromatic carbocycles. The summed E-state index contributed by atoms with van der Waals surface area (Å²) in [6.07, 6.45) is 4.53. The molecule has 1 nitrogen and oxygen atoms in total. The lowest BCUT2D eigenvalue weighted by molar-refractivity contribution is -0.274. The number of fused-ring (bicyclic) bond motifs is 1. The predicted molar refractivity (Wildman–Crippen MR) is 105 cm³/mol. The van der Waals surface area contributed by atoms with E-state index in [9.17, 15) is 17.6 Å². The molecule has 1 atom stereocenters. The first kappa shape index (κ1) is 21.0. The van der Waals surface area contributed by atoms with Crippen LogP contribution in [0, 0.1) is 23.6 Å². The van der Waals surface area contributed by atoms with Crippen LogP contribution in [0.2, 0.25) is 0 Å². The number of alkyl halides is 3. The van der Waals surface area contributed by atoms with Crippen LogP contribution in [0.5, 0.6) is 5.75 Å². The number of rotatable bonds is 4. The van der Waals surface area contributed by atoms with Crippen LogP contribution in [-0.4, -0.2) is 6.36 Å². The molecule has 1 aliphatic carbocycles. The van der Waals surface area contributed by atoms with E-state index >= 15 is 0 Å². The molecule has 3 rings (SSSR count). The molecule has 0 N–H and O–H groups in total. The summed E-state index contributed by atoms with van der Waals surface area (Å²) >= 11 is 0. The summed E-state index contributed by atoms with van der Waals surface area (Å²) in [5.74, 6) is 5.51. The van der Waals surface area contributed by atoms with Gasteiger partial charge in [-0.2, -0.15) is 0 Å². The summed E-state index contributed by atoms with van der Waals surface area (Å²) in [5, 5.41) is 0. The van der Waals surface area contributed by atoms with Crippen molar-refractivity contribution in [1.29, 1.82) is 0 Å². The van der Waals surface area contributed by atoms with Crippen LogP contribution in [0.1, 0.15) is 48.4 Å². The maximum absolute atomic E-state index is 14.5. The zero-order valence-corrected chi connectivity index (χ0v) is 16.2. The fraction of sp³-hybridized carbons (Fsp3) is 0.333. The molecule has 0 heterocycles. The predicted octanol–water partition coefficient (Wildman–Crippen LogP) is 6.59. The van der Waals surface area contributed by atoms with Crippen LogP contribution in [0.3, 0.4) is 0 Å². The molecular weight excluding hydrogens is 380 g/mol. The van der Waals surface area contributed by atoms with Gasteiger partial charge in [-0.15, -0.1) is 13.2 Å². The summed E-state index contributed by atoms with van der Waals surface area (Å²) in [6.45, 7) is 2.01. The van der Waals surface area contributed by atoms with Crippen LogP contribution in [-0.2, 0) is 12.8 Å². The second kappa shape index (κ2) is 9.17. The molecule has 0 saturated carbocycles. The first-order chi connectivity index (χ1) is 13.8. The van der Waals surface area contributed by atoms with Gasteiger partial charge in [-0.25, -0.2) is 4.39 Å². The number of hydrogen-bond acceptors (Lipinski definition) is 1. The largest absolute Gasteiger partial charge is 0.573 e. The SMILES string of the molecule is C/C=C/CCC1CCc2cc(C#Cc3ccc(OC(F)(F)F)cc3)c(F)cc2C1. The summed E-state index contributed by atoms with van der Waals surface area (Å²) in [6, 6.07) is 8.60. The summed E-state index contributed by atoms with van der Waals surface area (Å²) in [7, 11) is 0. The second-order valence-electron chi connectivity index (χ2n) is 7.18. The van der Waals surface area contributed by atoms with Crippen LogP contribution in [0.15, 0.2) is 48.6 Å². The Kier molecular flexibility index (Phi) is 6.64. The van der Waals surface area contributed by atoms with Crippen molar-refractivity contribution in [3.63, 3.8) is 0 Å². The van der Waals surface area contributed by atoms with Crippen molar-refractivity contribution in [3.05, 3.63) is 76.6 Å². The van der Waals surface area contributed by atoms with E-state index in [-0.39, 0.29) is 11.6 Å². The molecule has 2 aromatic rings. The number of aryl methyl sites for hydroxylation is 1. The van der Waals surface area contributed by atoms with Gasteiger partial charge in [-0.1, -0.05) is 24.0 Å². The maximum atomic E-state index is 14.5. The standard InChI is InChI=1S/C24H22F4O/c1-2-3-4-5-18-7-10-19-15-20(23(25)16-21(19)14-18)11-6-17-8-12-22(13-9-17)29-24(26,27)28/h2-3,8-9,12-13,15-16,18H,4-5,7,10,14H2,1H3/b3-2+. The lowest BCUT2D eigenvalue weighted by Gasteiger charge is -2.24. The van der Waals surface area contributed by atoms with E-state index in [1.54, 1.807) is 12.1 Å². The van der Waals surface area contributed by atoms with E-state index < -0.39 is 6.36 Å². The van der Waals surface area contributed by atoms with Gasteiger partial charge in [0.15, 0.2) is 0 Å². The average Bonchev–Trinajstić information content (AvgIpc) is 2.66. The lowest BCUT2D eigenvalue weighted by Crippen LogP contribution is -2.16. The Morgan fingerprint density at radius 2 is 1.86 bits per heavy atom. The monoisotopic (exact) mass is 402 g/mol. The van der Waals surface area contributed by atoms with Crippen molar-refractivity contribution in [2.75, 3.05) is 0 Å². The molecule has 152 valence electrons. The molecule has 1 unspecified atom stereocenters. The van der Waals surface area contributed by atoms with Crippen LogP contribution in [0.25, 0.3) is 0 Å². The second-order valence-corrected chi connectivity index (χ2v) is 7.18. The quantitative estimate of drug-likeness (QED) is 0.319. The topological polar surface area (TPSA) is 9.23 Å². The fourth-order valence-electron chi connectivity index (χ4n) is 3.57. The number of allylic oxidation sites excluding steroid dienone is 2. The molecule has 0 aliphatic heterocycles. The normalized spacial score (nSPS) is 16.2. The third-order valence-corrected chi connectivity index (χ3v) is 5.03. The number of halogens is 4. The molecule has 0 saturated heterocycles. The van der Waals surface area contributed by atoms with Crippen molar-refractivity contribution >= 4 is 0 Å². The van der Waals surface area contributed by atoms with Crippen molar-refractivity contribution in [1.82, 2.24) is 0 Å². The molecule has 0 bridgehead atoms. The molecular formula is C24H22F4O. The van der Waals surface area contributed by atoms with E-state index in [4.69, 9.17) is 0 Å². The first-order valence-corrected chi connectivity index (χ1v) is 9.64. The van der Waals surface area contributed by atoms with Gasteiger partial charge in [0, 0.05) is 5.56 Å². The molecule has 0 aromatic heterocycles. The number of hydrogen-bond donors (Lipinski definition) is 0. The molecule has 0 spiro atoms. The van der Waals surface area contributed by atoms with Crippen LogP contribution in [0.4, 0.5) is 17.6 Å². The van der Waals surface area contributed by atoms with Crippen molar-refractivity contribution in [3.8, 4) is 17.6 Å². The van der Waals surface area contributed by atoms with Gasteiger partial charge in [-0.05, 0) is 92.5 Å². The fourth-order valence-corrected chi connectivity index (χ4v) is 3.57. The Balaban J connectivity index is 1.71. The maximum Gasteiger partial charge on any atom is 0.573 e. The Morgan fingerprint density at radius 3 is 2.55 bits per heavy atom. The molecule has 0 amide bonds. The highest BCUT2D eigenvalue weighted by molar-refractivity contribution is 5.48. The Bertz CT molecular complexity index is 930. The molecule has 29 heavy (non-hydrogen) atoms. The summed E-state index contributed by atoms with van der Waals surface area (Å²) in [5.41, 5.74) is 2.98. The van der Waals surface area contributed by atoms with Crippen molar-refractivity contribution < 1.29 is 22.3 Å². The van der Waals surface area contributed by atoms with E-state index in [2.05, 4.69) is 28.7 Å². The van der Waals surface area contributed by atoms with Gasteiger partial charge in [0.05, 0.1) is 5.56 Å². The highest BCUT2D eigenvalue weighted by atomic mass is 19.4. The van der Waals surface area contributed by atoms with Gasteiger partial charge in [-0.3, -0.25) is 0 Å². The lowest BCUT2D eigenvalue weighted by atomic mass is 9.81. The first-order valence-electron chi connectivity index (χ1n) is 9.64. The van der Waals surface area contributed by atoms with Gasteiger partial charge >= 0.3 is 6.36 Å². The minimum atomic E-state index is -4.73. The average molecular weight is 402 g/mol. The summed E-state index contributed by atoms with van der Waals surface area (Å²) < 4.78 is 54.9. The van der Waals surface area contributed by atoms with Crippen LogP contribution < -0.4 is 4.74 Å². The third-order valence-electron chi connectivity index (χ3n) is 5.03. The number of benzene rings is 2. The highest BCUT2D eigenvalue weighted by Gasteiger charge is 2.30. The van der Waals surface area contributed by atoms with E-state index in [0.29, 0.717) is 17.0 Å². The van der Waals surface area contributed by atoms with Crippen LogP contribution >= 0.6 is 0 Å². The van der Waals surface area contributed by atoms with Crippen molar-refractivity contribution in [2.45, 2.75) is 45.4 Å². The van der Waals surface area contributed by atoms with Crippen molar-refractivity contribution in [2.24, 2.45) is 5.92 Å². The van der Waals surface area contributed by atoms with E-state index in [0.717, 1.165) is 43.2 Å². The number of ether oxygens (including phenoxy) is 1. The minimum Gasteiger partial charge on any atom is -0.406 e. The van der Waals surface area contributed by atoms with Gasteiger partial charge < -0.3 is 4.74 Å². The van der Waals surface area contributed by atoms with Gasteiger partial charge in [0.25, 0.3) is 0 Å². The Labute approximate surface area is 168 Å². The zero-order chi connectivity index (χ0) is 20.9. The smallest absolute Gasteiger partial charge is 0.406 e.